The Hall–Kier alpha value is -2.49. The van der Waals surface area contributed by atoms with Crippen molar-refractivity contribution in [3.05, 3.63) is 70.5 Å². The highest BCUT2D eigenvalue weighted by molar-refractivity contribution is 7.88. The fourth-order valence-electron chi connectivity index (χ4n) is 2.74. The van der Waals surface area contributed by atoms with Gasteiger partial charge in [-0.1, -0.05) is 41.9 Å². The smallest absolute Gasteiger partial charge is 0.242 e. The summed E-state index contributed by atoms with van der Waals surface area (Å²) in [5.41, 5.74) is 1.32. The second kappa shape index (κ2) is 10.7. The quantitative estimate of drug-likeness (QED) is 0.611. The Morgan fingerprint density at radius 2 is 1.74 bits per heavy atom. The number of benzene rings is 2. The topological polar surface area (TPSA) is 86.8 Å². The molecule has 31 heavy (non-hydrogen) atoms. The molecule has 2 rings (SSSR count). The van der Waals surface area contributed by atoms with E-state index in [4.69, 9.17) is 11.6 Å². The third-order valence-electron chi connectivity index (χ3n) is 4.77. The summed E-state index contributed by atoms with van der Waals surface area (Å²) in [6, 6.07) is 11.7. The molecule has 168 valence electrons. The number of nitrogens with zero attached hydrogens (tertiary/aromatic N) is 2. The zero-order valence-corrected chi connectivity index (χ0v) is 19.1. The van der Waals surface area contributed by atoms with Crippen LogP contribution in [0, 0.1) is 5.82 Å². The molecule has 0 saturated heterocycles. The van der Waals surface area contributed by atoms with Gasteiger partial charge in [-0.25, -0.2) is 12.8 Å². The van der Waals surface area contributed by atoms with E-state index < -0.39 is 40.2 Å². The molecule has 1 N–H and O–H groups in total. The number of nitrogens with one attached hydrogen (secondary N) is 1. The van der Waals surface area contributed by atoms with Crippen LogP contribution < -0.4 is 5.32 Å². The van der Waals surface area contributed by atoms with Gasteiger partial charge in [0.1, 0.15) is 11.9 Å². The molecule has 7 nitrogen and oxygen atoms in total. The Bertz CT molecular complexity index is 1030. The van der Waals surface area contributed by atoms with Crippen molar-refractivity contribution in [2.45, 2.75) is 26.1 Å². The molecule has 0 aliphatic carbocycles. The van der Waals surface area contributed by atoms with Crippen LogP contribution in [-0.2, 0) is 32.7 Å². The second-order valence-electron chi connectivity index (χ2n) is 7.15. The average molecular weight is 470 g/mol. The van der Waals surface area contributed by atoms with Gasteiger partial charge in [0.25, 0.3) is 0 Å². The maximum Gasteiger partial charge on any atom is 0.242 e. The maximum atomic E-state index is 13.2. The lowest BCUT2D eigenvalue weighted by molar-refractivity contribution is -0.140. The van der Waals surface area contributed by atoms with Gasteiger partial charge in [0.15, 0.2) is 0 Å². The minimum absolute atomic E-state index is 0.0113. The lowest BCUT2D eigenvalue weighted by Crippen LogP contribution is -2.50. The van der Waals surface area contributed by atoms with E-state index >= 15 is 0 Å². The van der Waals surface area contributed by atoms with Crippen molar-refractivity contribution in [1.82, 2.24) is 14.5 Å². The van der Waals surface area contributed by atoms with E-state index in [2.05, 4.69) is 5.32 Å². The van der Waals surface area contributed by atoms with Gasteiger partial charge in [0, 0.05) is 25.2 Å². The summed E-state index contributed by atoms with van der Waals surface area (Å²) in [5, 5.41) is 3.25. The number of hydrogen-bond donors (Lipinski definition) is 1. The van der Waals surface area contributed by atoms with Crippen LogP contribution in [0.2, 0.25) is 5.02 Å². The predicted molar refractivity (Wildman–Crippen MR) is 117 cm³/mol. The summed E-state index contributed by atoms with van der Waals surface area (Å²) < 4.78 is 37.5. The van der Waals surface area contributed by atoms with Crippen LogP contribution in [0.25, 0.3) is 0 Å². The Morgan fingerprint density at radius 1 is 1.13 bits per heavy atom. The number of likely N-dealkylation sites (N-methyl/N-ethyl adjacent to an activating group) is 1. The Labute approximate surface area is 186 Å². The zero-order chi connectivity index (χ0) is 23.2. The first kappa shape index (κ1) is 24.8. The monoisotopic (exact) mass is 469 g/mol. The highest BCUT2D eigenvalue weighted by atomic mass is 35.5. The van der Waals surface area contributed by atoms with Gasteiger partial charge in [-0.2, -0.15) is 4.31 Å². The average Bonchev–Trinajstić information content (AvgIpc) is 2.71. The Morgan fingerprint density at radius 3 is 2.32 bits per heavy atom. The Balaban J connectivity index is 2.18. The number of carbonyl (C=O) groups is 2. The molecule has 0 saturated carbocycles. The van der Waals surface area contributed by atoms with E-state index in [1.165, 1.54) is 36.2 Å². The SMILES string of the molecule is C[C@@H](C(=O)NCc1ccccc1Cl)N(Cc1ccc(F)cc1)C(=O)CN(C)S(C)(=O)=O. The molecule has 0 radical (unpaired) electrons. The number of sulfonamides is 1. The first-order valence-electron chi connectivity index (χ1n) is 9.45. The molecular weight excluding hydrogens is 445 g/mol. The first-order chi connectivity index (χ1) is 14.5. The van der Waals surface area contributed by atoms with Gasteiger partial charge in [-0.3, -0.25) is 9.59 Å². The molecule has 2 aromatic carbocycles. The van der Waals surface area contributed by atoms with Gasteiger partial charge in [0.2, 0.25) is 21.8 Å². The van der Waals surface area contributed by atoms with Crippen molar-refractivity contribution in [2.75, 3.05) is 19.8 Å². The maximum absolute atomic E-state index is 13.2. The van der Waals surface area contributed by atoms with Crippen LogP contribution in [0.4, 0.5) is 4.39 Å². The lowest BCUT2D eigenvalue weighted by Gasteiger charge is -2.30. The van der Waals surface area contributed by atoms with Crippen LogP contribution >= 0.6 is 11.6 Å². The molecule has 2 aromatic rings. The molecule has 0 spiro atoms. The number of carbonyl (C=O) groups excluding carboxylic acids is 2. The van der Waals surface area contributed by atoms with Crippen molar-refractivity contribution < 1.29 is 22.4 Å². The van der Waals surface area contributed by atoms with Gasteiger partial charge in [-0.05, 0) is 36.2 Å². The third kappa shape index (κ3) is 7.30. The van der Waals surface area contributed by atoms with Crippen LogP contribution in [0.1, 0.15) is 18.1 Å². The van der Waals surface area contributed by atoms with E-state index in [0.29, 0.717) is 10.6 Å². The van der Waals surface area contributed by atoms with Crippen LogP contribution in [-0.4, -0.2) is 55.3 Å². The van der Waals surface area contributed by atoms with Crippen molar-refractivity contribution in [3.8, 4) is 0 Å². The van der Waals surface area contributed by atoms with Crippen molar-refractivity contribution in [3.63, 3.8) is 0 Å². The van der Waals surface area contributed by atoms with Gasteiger partial charge in [0.05, 0.1) is 12.8 Å². The molecule has 0 aliphatic rings. The van der Waals surface area contributed by atoms with Gasteiger partial charge < -0.3 is 10.2 Å². The van der Waals surface area contributed by atoms with E-state index in [-0.39, 0.29) is 13.1 Å². The molecule has 0 heterocycles. The largest absolute Gasteiger partial charge is 0.350 e. The standard InChI is InChI=1S/C21H25ClFN3O4S/c1-15(21(28)24-12-17-6-4-5-7-19(17)22)26(13-16-8-10-18(23)11-9-16)20(27)14-25(2)31(3,29)30/h4-11,15H,12-14H2,1-3H3,(H,24,28)/t15-/m0/s1. The van der Waals surface area contributed by atoms with Gasteiger partial charge in [-0.15, -0.1) is 0 Å². The van der Waals surface area contributed by atoms with Crippen LogP contribution in [0.3, 0.4) is 0 Å². The summed E-state index contributed by atoms with van der Waals surface area (Å²) in [6.07, 6.45) is 0.990. The first-order valence-corrected chi connectivity index (χ1v) is 11.7. The summed E-state index contributed by atoms with van der Waals surface area (Å²) in [6.45, 7) is 1.30. The number of hydrogen-bond acceptors (Lipinski definition) is 4. The molecule has 0 unspecified atom stereocenters. The molecule has 0 aromatic heterocycles. The lowest BCUT2D eigenvalue weighted by atomic mass is 10.1. The third-order valence-corrected chi connectivity index (χ3v) is 6.40. The summed E-state index contributed by atoms with van der Waals surface area (Å²) >= 11 is 6.11. The summed E-state index contributed by atoms with van der Waals surface area (Å²) in [4.78, 5) is 26.9. The summed E-state index contributed by atoms with van der Waals surface area (Å²) in [5.74, 6) is -1.42. The summed E-state index contributed by atoms with van der Waals surface area (Å²) in [7, 11) is -2.30. The molecular formula is C21H25ClFN3O4S. The second-order valence-corrected chi connectivity index (χ2v) is 9.65. The highest BCUT2D eigenvalue weighted by Crippen LogP contribution is 2.15. The van der Waals surface area contributed by atoms with E-state index in [1.807, 2.05) is 0 Å². The fourth-order valence-corrected chi connectivity index (χ4v) is 3.29. The molecule has 0 aliphatic heterocycles. The van der Waals surface area contributed by atoms with E-state index in [0.717, 1.165) is 16.1 Å². The highest BCUT2D eigenvalue weighted by Gasteiger charge is 2.28. The Kier molecular flexibility index (Phi) is 8.55. The number of rotatable bonds is 9. The molecule has 0 fully saturated rings. The molecule has 10 heteroatoms. The predicted octanol–water partition coefficient (Wildman–Crippen LogP) is 2.40. The fraction of sp³-hybridized carbons (Fsp3) is 0.333. The minimum Gasteiger partial charge on any atom is -0.350 e. The molecule has 1 atom stereocenters. The van der Waals surface area contributed by atoms with E-state index in [1.54, 1.807) is 31.2 Å². The number of amides is 2. The molecule has 0 bridgehead atoms. The van der Waals surface area contributed by atoms with Crippen LogP contribution in [0.5, 0.6) is 0 Å². The normalized spacial score (nSPS) is 12.5. The van der Waals surface area contributed by atoms with Crippen molar-refractivity contribution in [1.29, 1.82) is 0 Å². The minimum atomic E-state index is -3.59. The van der Waals surface area contributed by atoms with Gasteiger partial charge >= 0.3 is 0 Å². The van der Waals surface area contributed by atoms with Crippen molar-refractivity contribution >= 4 is 33.4 Å². The molecule has 2 amide bonds. The number of halogens is 2. The van der Waals surface area contributed by atoms with Crippen molar-refractivity contribution in [2.24, 2.45) is 0 Å². The van der Waals surface area contributed by atoms with E-state index in [9.17, 15) is 22.4 Å². The zero-order valence-electron chi connectivity index (χ0n) is 17.5. The van der Waals surface area contributed by atoms with Crippen LogP contribution in [0.15, 0.2) is 48.5 Å².